The number of hydrogen-bond acceptors (Lipinski definition) is 14. The molecule has 0 radical (unpaired) electrons. The van der Waals surface area contributed by atoms with E-state index in [1.54, 1.807) is 6.07 Å². The minimum atomic E-state index is -1.79. The summed E-state index contributed by atoms with van der Waals surface area (Å²) in [6.07, 6.45) is 4.09. The van der Waals surface area contributed by atoms with Crippen LogP contribution in [0.1, 0.15) is 50.0 Å². The van der Waals surface area contributed by atoms with Crippen LogP contribution in [0.2, 0.25) is 0 Å². The van der Waals surface area contributed by atoms with Crippen molar-refractivity contribution in [3.63, 3.8) is 0 Å². The molecule has 4 aliphatic rings. The van der Waals surface area contributed by atoms with Gasteiger partial charge in [-0.25, -0.2) is 14.2 Å². The lowest BCUT2D eigenvalue weighted by molar-refractivity contribution is -0.675. The second-order valence-corrected chi connectivity index (χ2v) is 16.7. The molecular formula is C34H37FN8O7S3. The molecule has 2 amide bonds. The number of oxime groups is 1. The lowest BCUT2D eigenvalue weighted by atomic mass is 10.0. The van der Waals surface area contributed by atoms with E-state index in [0.717, 1.165) is 58.0 Å². The van der Waals surface area contributed by atoms with Crippen LogP contribution in [0.25, 0.3) is 10.9 Å². The highest BCUT2D eigenvalue weighted by Crippen LogP contribution is 2.42. The summed E-state index contributed by atoms with van der Waals surface area (Å²) < 4.78 is 18.0. The van der Waals surface area contributed by atoms with Crippen molar-refractivity contribution < 1.29 is 43.2 Å². The molecule has 2 aromatic heterocycles. The second kappa shape index (κ2) is 14.5. The topological polar surface area (TPSA) is 206 Å². The van der Waals surface area contributed by atoms with Gasteiger partial charge in [-0.05, 0) is 32.5 Å². The van der Waals surface area contributed by atoms with E-state index in [4.69, 9.17) is 10.6 Å². The Labute approximate surface area is 315 Å². The molecule has 280 valence electrons. The van der Waals surface area contributed by atoms with E-state index in [0.29, 0.717) is 23.7 Å². The third-order valence-corrected chi connectivity index (χ3v) is 12.8. The quantitative estimate of drug-likeness (QED) is 0.0666. The summed E-state index contributed by atoms with van der Waals surface area (Å²) in [5, 5.41) is 33.2. The van der Waals surface area contributed by atoms with Crippen molar-refractivity contribution in [2.45, 2.75) is 60.7 Å². The number of carboxylic acids is 2. The maximum absolute atomic E-state index is 15.8. The van der Waals surface area contributed by atoms with Crippen molar-refractivity contribution in [1.82, 2.24) is 25.4 Å². The lowest BCUT2D eigenvalue weighted by Gasteiger charge is -2.50. The van der Waals surface area contributed by atoms with E-state index >= 15 is 4.39 Å². The number of hydrogen-bond donors (Lipinski definition) is 4. The monoisotopic (exact) mass is 784 g/mol. The number of piperazine rings is 1. The summed E-state index contributed by atoms with van der Waals surface area (Å²) in [6.45, 7) is 4.78. The van der Waals surface area contributed by atoms with E-state index in [1.165, 1.54) is 42.8 Å². The van der Waals surface area contributed by atoms with Crippen LogP contribution >= 0.6 is 34.9 Å². The van der Waals surface area contributed by atoms with Gasteiger partial charge in [-0.2, -0.15) is 4.57 Å². The summed E-state index contributed by atoms with van der Waals surface area (Å²) in [5.74, 6) is -4.31. The van der Waals surface area contributed by atoms with Gasteiger partial charge in [0.1, 0.15) is 22.9 Å². The fourth-order valence-electron chi connectivity index (χ4n) is 6.47. The van der Waals surface area contributed by atoms with Gasteiger partial charge >= 0.3 is 5.97 Å². The number of carbonyl (C=O) groups excluding carboxylic acids is 3. The van der Waals surface area contributed by atoms with Crippen LogP contribution in [0, 0.1) is 5.82 Å². The molecule has 3 fully saturated rings. The summed E-state index contributed by atoms with van der Waals surface area (Å²) in [4.78, 5) is 64.2. The normalized spacial score (nSPS) is 22.4. The Hall–Kier alpha value is -4.30. The zero-order valence-corrected chi connectivity index (χ0v) is 31.4. The number of rotatable bonds is 12. The predicted molar refractivity (Wildman–Crippen MR) is 194 cm³/mol. The maximum Gasteiger partial charge on any atom is 0.350 e. The largest absolute Gasteiger partial charge is 0.543 e. The van der Waals surface area contributed by atoms with Gasteiger partial charge in [-0.1, -0.05) is 5.16 Å². The van der Waals surface area contributed by atoms with E-state index in [9.17, 15) is 29.4 Å². The predicted octanol–water partition coefficient (Wildman–Crippen LogP) is 0.996. The third-order valence-electron chi connectivity index (χ3n) is 9.64. The number of likely N-dealkylation sites (N-methyl/N-ethyl adjacent to an activating group) is 1. The zero-order chi connectivity index (χ0) is 37.8. The zero-order valence-electron chi connectivity index (χ0n) is 29.0. The Morgan fingerprint density at radius 3 is 2.75 bits per heavy atom. The first-order valence-corrected chi connectivity index (χ1v) is 19.8. The number of nitrogens with two attached hydrogens (primary N) is 1. The third kappa shape index (κ3) is 7.19. The number of halogens is 1. The Bertz CT molecular complexity index is 2090. The first-order valence-electron chi connectivity index (χ1n) is 16.9. The van der Waals surface area contributed by atoms with Crippen LogP contribution < -0.4 is 26.0 Å². The number of amides is 2. The van der Waals surface area contributed by atoms with Gasteiger partial charge in [0, 0.05) is 72.0 Å². The van der Waals surface area contributed by atoms with E-state index in [-0.39, 0.29) is 39.9 Å². The van der Waals surface area contributed by atoms with Gasteiger partial charge in [0.15, 0.2) is 23.1 Å². The molecule has 2 saturated heterocycles. The minimum Gasteiger partial charge on any atom is -0.543 e. The van der Waals surface area contributed by atoms with Gasteiger partial charge < -0.3 is 36.2 Å². The molecule has 2 unspecified atom stereocenters. The van der Waals surface area contributed by atoms with Gasteiger partial charge in [0.25, 0.3) is 11.8 Å². The number of benzene rings is 1. The maximum atomic E-state index is 15.8. The number of nitrogens with one attached hydrogen (secondary N) is 2. The number of carboxylic acid groups (broad SMARTS) is 2. The number of nitrogen functional groups attached to an aromatic ring is 1. The number of thioether (sulfide) groups is 2. The molecule has 0 spiro atoms. The summed E-state index contributed by atoms with van der Waals surface area (Å²) in [6, 6.07) is 4.55. The Kier molecular flexibility index (Phi) is 10.1. The SMILES string of the molecule is CN1CCNCC1c1cc2c(cc1F)c(SCC1=C(C(=O)[O-])N3C(=O)C(NC(=O)/C(=N\OC(C)(C)C(=O)O)c4csc(N)n4)[C@H]3SC1)cc[n+]2C1CC1. The standard InChI is InChI=1S/C34H37FN8O7S3/c1-34(2,32(48)49)50-40-25(21-15-53-33(36)38-21)28(44)39-26-29(45)43-27(31(46)47)16(14-52-30(26)43)13-51-24-6-8-42(17-4-5-17)22-11-18(20(35)10-19(22)24)23-12-37-7-9-41(23)3/h6,8,10-11,15,17,23,26,30,37H,4-5,7,9,12-14H2,1-3H3,(H4-,36,38,39,44,46,47,48,49)/b40-25-/t23?,26?,30-/m1/s1. The van der Waals surface area contributed by atoms with Crippen molar-refractivity contribution in [1.29, 1.82) is 0 Å². The number of carbonyl (C=O) groups is 4. The van der Waals surface area contributed by atoms with E-state index in [1.807, 2.05) is 25.4 Å². The van der Waals surface area contributed by atoms with Crippen molar-refractivity contribution in [2.75, 3.05) is 43.9 Å². The average molecular weight is 785 g/mol. The molecule has 53 heavy (non-hydrogen) atoms. The molecule has 3 atom stereocenters. The average Bonchev–Trinajstić information content (AvgIpc) is 3.88. The van der Waals surface area contributed by atoms with Gasteiger partial charge in [-0.3, -0.25) is 19.4 Å². The molecule has 1 aromatic carbocycles. The number of aliphatic carboxylic acids is 2. The van der Waals surface area contributed by atoms with Crippen molar-refractivity contribution in [3.05, 3.63) is 58.1 Å². The van der Waals surface area contributed by atoms with Crippen LogP contribution in [-0.2, 0) is 24.0 Å². The van der Waals surface area contributed by atoms with Crippen LogP contribution in [0.4, 0.5) is 9.52 Å². The fourth-order valence-corrected chi connectivity index (χ4v) is 9.54. The molecule has 3 aliphatic heterocycles. The molecule has 7 rings (SSSR count). The molecule has 5 N–H and O–H groups in total. The number of pyridine rings is 1. The molecule has 1 aliphatic carbocycles. The summed E-state index contributed by atoms with van der Waals surface area (Å²) >= 11 is 3.65. The smallest absolute Gasteiger partial charge is 0.350 e. The van der Waals surface area contributed by atoms with Gasteiger partial charge in [0.2, 0.25) is 11.1 Å². The fraction of sp³-hybridized carbons (Fsp3) is 0.441. The Morgan fingerprint density at radius 1 is 1.32 bits per heavy atom. The van der Waals surface area contributed by atoms with Crippen LogP contribution in [-0.4, -0.2) is 105 Å². The highest BCUT2D eigenvalue weighted by atomic mass is 32.2. The van der Waals surface area contributed by atoms with Crippen molar-refractivity contribution in [2.24, 2.45) is 5.16 Å². The number of fused-ring (bicyclic) bond motifs is 2. The van der Waals surface area contributed by atoms with E-state index in [2.05, 4.69) is 30.2 Å². The second-order valence-electron chi connectivity index (χ2n) is 13.7. The summed E-state index contributed by atoms with van der Waals surface area (Å²) in [5.41, 5.74) is 5.28. The lowest BCUT2D eigenvalue weighted by Crippen LogP contribution is -2.71. The van der Waals surface area contributed by atoms with Gasteiger partial charge in [-0.15, -0.1) is 34.9 Å². The first-order chi connectivity index (χ1) is 25.2. The highest BCUT2D eigenvalue weighted by molar-refractivity contribution is 8.01. The molecule has 5 heterocycles. The first kappa shape index (κ1) is 37.0. The molecule has 3 aromatic rings. The molecule has 0 bridgehead atoms. The molecule has 19 heteroatoms. The number of anilines is 1. The van der Waals surface area contributed by atoms with Crippen LogP contribution in [0.3, 0.4) is 0 Å². The van der Waals surface area contributed by atoms with Gasteiger partial charge in [0.05, 0.1) is 23.1 Å². The van der Waals surface area contributed by atoms with Crippen molar-refractivity contribution >= 4 is 80.4 Å². The summed E-state index contributed by atoms with van der Waals surface area (Å²) in [7, 11) is 2.00. The minimum absolute atomic E-state index is 0.00581. The Balaban J connectivity index is 1.11. The molecule has 1 saturated carbocycles. The highest BCUT2D eigenvalue weighted by Gasteiger charge is 2.53. The van der Waals surface area contributed by atoms with Crippen molar-refractivity contribution in [3.8, 4) is 0 Å². The van der Waals surface area contributed by atoms with Crippen LogP contribution in [0.5, 0.6) is 0 Å². The van der Waals surface area contributed by atoms with E-state index < -0.39 is 46.5 Å². The number of nitrogens with zero attached hydrogens (tertiary/aromatic N) is 5. The Morgan fingerprint density at radius 2 is 2.09 bits per heavy atom. The number of thiazole rings is 1. The number of β-lactam (4-membered cyclic amide) rings is 1. The molecular weight excluding hydrogens is 748 g/mol. The number of aromatic nitrogens is 2. The van der Waals surface area contributed by atoms with Crippen LogP contribution in [0.15, 0.2) is 51.1 Å². The molecule has 15 nitrogen and oxygen atoms in total.